The Labute approximate surface area is 135 Å². The maximum Gasteiger partial charge on any atom is 0.0611 e. The van der Waals surface area contributed by atoms with Crippen LogP contribution in [-0.2, 0) is 12.8 Å². The van der Waals surface area contributed by atoms with E-state index in [-0.39, 0.29) is 12.1 Å². The summed E-state index contributed by atoms with van der Waals surface area (Å²) in [4.78, 5) is 0. The highest BCUT2D eigenvalue weighted by molar-refractivity contribution is 5.36. The summed E-state index contributed by atoms with van der Waals surface area (Å²) in [5, 5.41) is 9.46. The van der Waals surface area contributed by atoms with Gasteiger partial charge in [-0.05, 0) is 67.1 Å². The summed E-state index contributed by atoms with van der Waals surface area (Å²) in [6.45, 7) is 2.40. The van der Waals surface area contributed by atoms with Crippen molar-refractivity contribution in [2.24, 2.45) is 11.7 Å². The van der Waals surface area contributed by atoms with E-state index in [9.17, 15) is 5.11 Å². The van der Waals surface area contributed by atoms with Gasteiger partial charge in [0.15, 0.2) is 0 Å². The molecule has 2 nitrogen and oxygen atoms in total. The van der Waals surface area contributed by atoms with Crippen LogP contribution in [0.5, 0.6) is 0 Å². The first-order valence-electron chi connectivity index (χ1n) is 9.15. The molecule has 1 aromatic carbocycles. The van der Waals surface area contributed by atoms with Crippen LogP contribution in [0.2, 0.25) is 0 Å². The molecule has 22 heavy (non-hydrogen) atoms. The van der Waals surface area contributed by atoms with Gasteiger partial charge in [-0.2, -0.15) is 0 Å². The van der Waals surface area contributed by atoms with Crippen molar-refractivity contribution in [2.45, 2.75) is 76.2 Å². The number of aliphatic hydroxyl groups is 1. The number of rotatable bonds is 5. The largest absolute Gasteiger partial charge is 0.394 e. The van der Waals surface area contributed by atoms with Gasteiger partial charge in [0.1, 0.15) is 0 Å². The van der Waals surface area contributed by atoms with E-state index in [0.717, 1.165) is 25.2 Å². The van der Waals surface area contributed by atoms with Gasteiger partial charge in [-0.25, -0.2) is 0 Å². The highest BCUT2D eigenvalue weighted by atomic mass is 16.3. The number of fused-ring (bicyclic) bond motifs is 1. The Hall–Kier alpha value is -0.860. The molecule has 2 heteroatoms. The summed E-state index contributed by atoms with van der Waals surface area (Å²) in [6.07, 6.45) is 11.0. The van der Waals surface area contributed by atoms with E-state index in [0.29, 0.717) is 5.92 Å². The number of aryl methyl sites for hydroxylation is 1. The Morgan fingerprint density at radius 3 is 2.86 bits per heavy atom. The average Bonchev–Trinajstić information content (AvgIpc) is 2.95. The summed E-state index contributed by atoms with van der Waals surface area (Å²) in [5.41, 5.74) is 10.5. The molecule has 3 atom stereocenters. The second-order valence-electron chi connectivity index (χ2n) is 7.74. The SMILES string of the molecule is CCCCC1CCc2cc([C@H]3CC[C@](N)(CO)C3)ccc2C1. The van der Waals surface area contributed by atoms with Gasteiger partial charge in [-0.1, -0.05) is 44.4 Å². The maximum atomic E-state index is 9.46. The first-order valence-corrected chi connectivity index (χ1v) is 9.15. The van der Waals surface area contributed by atoms with Crippen LogP contribution in [0.15, 0.2) is 18.2 Å². The maximum absolute atomic E-state index is 9.46. The highest BCUT2D eigenvalue weighted by Gasteiger charge is 2.36. The average molecular weight is 301 g/mol. The van der Waals surface area contributed by atoms with Crippen molar-refractivity contribution in [2.75, 3.05) is 6.61 Å². The molecule has 2 aliphatic rings. The minimum absolute atomic E-state index is 0.119. The molecule has 1 unspecified atom stereocenters. The fourth-order valence-electron chi connectivity index (χ4n) is 4.43. The van der Waals surface area contributed by atoms with Crippen molar-refractivity contribution < 1.29 is 5.11 Å². The van der Waals surface area contributed by atoms with Crippen LogP contribution in [0.3, 0.4) is 0 Å². The molecule has 0 saturated heterocycles. The van der Waals surface area contributed by atoms with Crippen LogP contribution in [0.4, 0.5) is 0 Å². The van der Waals surface area contributed by atoms with Gasteiger partial charge in [0.25, 0.3) is 0 Å². The third-order valence-electron chi connectivity index (χ3n) is 5.96. The third kappa shape index (κ3) is 3.38. The lowest BCUT2D eigenvalue weighted by molar-refractivity contribution is 0.198. The molecule has 0 aromatic heterocycles. The summed E-state index contributed by atoms with van der Waals surface area (Å²) >= 11 is 0. The molecule has 0 aliphatic heterocycles. The first kappa shape index (κ1) is 16.0. The Balaban J connectivity index is 1.68. The van der Waals surface area contributed by atoms with Gasteiger partial charge < -0.3 is 10.8 Å². The fourth-order valence-corrected chi connectivity index (χ4v) is 4.43. The smallest absolute Gasteiger partial charge is 0.0611 e. The van der Waals surface area contributed by atoms with Gasteiger partial charge in [0.2, 0.25) is 0 Å². The zero-order valence-electron chi connectivity index (χ0n) is 14.0. The summed E-state index contributed by atoms with van der Waals surface area (Å²) in [7, 11) is 0. The van der Waals surface area contributed by atoms with Gasteiger partial charge in [0, 0.05) is 5.54 Å². The third-order valence-corrected chi connectivity index (χ3v) is 5.96. The molecule has 1 aromatic rings. The molecule has 1 saturated carbocycles. The first-order chi connectivity index (χ1) is 10.6. The van der Waals surface area contributed by atoms with Gasteiger partial charge >= 0.3 is 0 Å². The van der Waals surface area contributed by atoms with E-state index >= 15 is 0 Å². The predicted molar refractivity (Wildman–Crippen MR) is 92.1 cm³/mol. The number of aliphatic hydroxyl groups excluding tert-OH is 1. The Kier molecular flexibility index (Phi) is 4.89. The van der Waals surface area contributed by atoms with Crippen LogP contribution in [0.1, 0.15) is 74.5 Å². The van der Waals surface area contributed by atoms with E-state index in [1.54, 1.807) is 11.1 Å². The molecule has 3 N–H and O–H groups in total. The number of hydrogen-bond acceptors (Lipinski definition) is 2. The van der Waals surface area contributed by atoms with E-state index in [1.165, 1.54) is 44.1 Å². The van der Waals surface area contributed by atoms with Crippen molar-refractivity contribution in [3.63, 3.8) is 0 Å². The normalized spacial score (nSPS) is 31.2. The fraction of sp³-hybridized carbons (Fsp3) is 0.700. The van der Waals surface area contributed by atoms with Crippen LogP contribution in [0.25, 0.3) is 0 Å². The molecule has 0 heterocycles. The zero-order valence-corrected chi connectivity index (χ0v) is 14.0. The van der Waals surface area contributed by atoms with Gasteiger partial charge in [0.05, 0.1) is 6.61 Å². The summed E-state index contributed by atoms with van der Waals surface area (Å²) in [6, 6.07) is 7.15. The lowest BCUT2D eigenvalue weighted by Crippen LogP contribution is -2.40. The molecule has 3 rings (SSSR count). The summed E-state index contributed by atoms with van der Waals surface area (Å²) in [5.74, 6) is 1.44. The minimum atomic E-state index is -0.341. The molecular weight excluding hydrogens is 270 g/mol. The Morgan fingerprint density at radius 2 is 2.14 bits per heavy atom. The molecular formula is C20H31NO. The van der Waals surface area contributed by atoms with E-state index in [1.807, 2.05) is 0 Å². The van der Waals surface area contributed by atoms with E-state index in [4.69, 9.17) is 5.73 Å². The van der Waals surface area contributed by atoms with Crippen LogP contribution < -0.4 is 5.73 Å². The Morgan fingerprint density at radius 1 is 1.27 bits per heavy atom. The van der Waals surface area contributed by atoms with E-state index < -0.39 is 0 Å². The standard InChI is InChI=1S/C20H31NO/c1-2-3-4-15-5-6-17-12-18(8-7-16(17)11-15)19-9-10-20(21,13-19)14-22/h7-8,12,15,19,22H,2-6,9-11,13-14,21H2,1H3/t15?,19-,20+/m0/s1. The summed E-state index contributed by atoms with van der Waals surface area (Å²) < 4.78 is 0. The van der Waals surface area contributed by atoms with Crippen LogP contribution in [-0.4, -0.2) is 17.3 Å². The minimum Gasteiger partial charge on any atom is -0.394 e. The number of hydrogen-bond donors (Lipinski definition) is 2. The molecule has 0 amide bonds. The quantitative estimate of drug-likeness (QED) is 0.865. The molecule has 0 radical (unpaired) electrons. The molecule has 0 spiro atoms. The van der Waals surface area contributed by atoms with Crippen molar-refractivity contribution in [1.82, 2.24) is 0 Å². The molecule has 0 bridgehead atoms. The van der Waals surface area contributed by atoms with Gasteiger partial charge in [-0.15, -0.1) is 0 Å². The second kappa shape index (κ2) is 6.72. The van der Waals surface area contributed by atoms with Crippen LogP contribution in [0, 0.1) is 5.92 Å². The van der Waals surface area contributed by atoms with Crippen molar-refractivity contribution in [3.05, 3.63) is 34.9 Å². The molecule has 122 valence electrons. The zero-order chi connectivity index (χ0) is 15.6. The van der Waals surface area contributed by atoms with Crippen molar-refractivity contribution in [3.8, 4) is 0 Å². The van der Waals surface area contributed by atoms with Crippen molar-refractivity contribution in [1.29, 1.82) is 0 Å². The van der Waals surface area contributed by atoms with E-state index in [2.05, 4.69) is 25.1 Å². The van der Waals surface area contributed by atoms with Crippen molar-refractivity contribution >= 4 is 0 Å². The molecule has 1 fully saturated rings. The Bertz CT molecular complexity index is 512. The lowest BCUT2D eigenvalue weighted by Gasteiger charge is -2.26. The highest BCUT2D eigenvalue weighted by Crippen LogP contribution is 2.40. The molecule has 2 aliphatic carbocycles. The monoisotopic (exact) mass is 301 g/mol. The lowest BCUT2D eigenvalue weighted by atomic mass is 9.80. The predicted octanol–water partition coefficient (Wildman–Crippen LogP) is 3.94. The number of unbranched alkanes of at least 4 members (excludes halogenated alkanes) is 1. The van der Waals surface area contributed by atoms with Crippen LogP contribution >= 0.6 is 0 Å². The number of nitrogens with two attached hydrogens (primary N) is 1. The van der Waals surface area contributed by atoms with Gasteiger partial charge in [-0.3, -0.25) is 0 Å². The topological polar surface area (TPSA) is 46.2 Å². The second-order valence-corrected chi connectivity index (χ2v) is 7.74. The number of benzene rings is 1.